The van der Waals surface area contributed by atoms with Gasteiger partial charge in [0.15, 0.2) is 0 Å². The van der Waals surface area contributed by atoms with Crippen LogP contribution in [0.1, 0.15) is 41.1 Å². The largest absolute Gasteiger partial charge is 0.496 e. The van der Waals surface area contributed by atoms with Gasteiger partial charge in [-0.2, -0.15) is 0 Å². The predicted molar refractivity (Wildman–Crippen MR) is 79.7 cm³/mol. The third kappa shape index (κ3) is 2.26. The van der Waals surface area contributed by atoms with Crippen LogP contribution in [-0.4, -0.2) is 20.7 Å². The Kier molecular flexibility index (Phi) is 3.88. The average Bonchev–Trinajstić information content (AvgIpc) is 3.18. The first-order valence-electron chi connectivity index (χ1n) is 7.02. The normalized spacial score (nSPS) is 18.2. The maximum Gasteiger partial charge on any atom is 0.124 e. The van der Waals surface area contributed by atoms with E-state index < -0.39 is 0 Å². The molecule has 1 aliphatic rings. The van der Waals surface area contributed by atoms with Gasteiger partial charge in [0.1, 0.15) is 5.75 Å². The quantitative estimate of drug-likeness (QED) is 0.857. The summed E-state index contributed by atoms with van der Waals surface area (Å²) in [5.74, 6) is 1.01. The van der Waals surface area contributed by atoms with E-state index in [9.17, 15) is 0 Å². The van der Waals surface area contributed by atoms with E-state index >= 15 is 0 Å². The number of rotatable bonds is 5. The van der Waals surface area contributed by atoms with Crippen molar-refractivity contribution in [3.05, 3.63) is 28.3 Å². The summed E-state index contributed by atoms with van der Waals surface area (Å²) in [6.07, 6.45) is 2.44. The lowest BCUT2D eigenvalue weighted by Crippen LogP contribution is -2.32. The fourth-order valence-electron chi connectivity index (χ4n) is 3.27. The Labute approximate surface area is 116 Å². The smallest absolute Gasteiger partial charge is 0.124 e. The fourth-order valence-corrected chi connectivity index (χ4v) is 3.27. The molecule has 0 heterocycles. The zero-order chi connectivity index (χ0) is 14.2. The Morgan fingerprint density at radius 1 is 1.32 bits per heavy atom. The van der Waals surface area contributed by atoms with Crippen LogP contribution in [0.15, 0.2) is 6.07 Å². The Bertz CT molecular complexity index is 478. The van der Waals surface area contributed by atoms with Crippen LogP contribution < -0.4 is 15.8 Å². The molecular weight excluding hydrogens is 236 g/mol. The maximum absolute atomic E-state index is 6.00. The Morgan fingerprint density at radius 3 is 2.37 bits per heavy atom. The fraction of sp³-hybridized carbons (Fsp3) is 0.625. The Balaban J connectivity index is 2.50. The molecule has 0 aromatic heterocycles. The molecule has 1 fully saturated rings. The van der Waals surface area contributed by atoms with Gasteiger partial charge in [0, 0.05) is 11.5 Å². The monoisotopic (exact) mass is 262 g/mol. The van der Waals surface area contributed by atoms with Crippen LogP contribution in [0.3, 0.4) is 0 Å². The molecule has 0 amide bonds. The summed E-state index contributed by atoms with van der Waals surface area (Å²) in [5, 5.41) is 3.48. The Hall–Kier alpha value is -1.06. The molecule has 1 unspecified atom stereocenters. The summed E-state index contributed by atoms with van der Waals surface area (Å²) in [6, 6.07) is 2.61. The zero-order valence-corrected chi connectivity index (χ0v) is 12.8. The van der Waals surface area contributed by atoms with Crippen molar-refractivity contribution in [3.63, 3.8) is 0 Å². The first kappa shape index (κ1) is 14.4. The number of benzene rings is 1. The van der Waals surface area contributed by atoms with Gasteiger partial charge < -0.3 is 15.8 Å². The number of aryl methyl sites for hydroxylation is 1. The standard InChI is InChI=1S/C16H26N2O/c1-10-8-13(11(2)12(3)14(10)19-5)15(18-4)16(9-17)6-7-16/h8,15,18H,6-7,9,17H2,1-5H3. The molecule has 1 aliphatic carbocycles. The van der Waals surface area contributed by atoms with Crippen molar-refractivity contribution in [2.45, 2.75) is 39.7 Å². The van der Waals surface area contributed by atoms with E-state index in [0.29, 0.717) is 6.04 Å². The van der Waals surface area contributed by atoms with E-state index in [0.717, 1.165) is 12.3 Å². The highest BCUT2D eigenvalue weighted by Gasteiger charge is 2.48. The van der Waals surface area contributed by atoms with Crippen LogP contribution in [-0.2, 0) is 0 Å². The first-order valence-corrected chi connectivity index (χ1v) is 7.02. The number of methoxy groups -OCH3 is 1. The lowest BCUT2D eigenvalue weighted by Gasteiger charge is -2.29. The summed E-state index contributed by atoms with van der Waals surface area (Å²) >= 11 is 0. The first-order chi connectivity index (χ1) is 9.00. The molecular formula is C16H26N2O. The van der Waals surface area contributed by atoms with Crippen molar-refractivity contribution >= 4 is 0 Å². The molecule has 1 aromatic carbocycles. The molecule has 2 rings (SSSR count). The summed E-state index contributed by atoms with van der Waals surface area (Å²) in [6.45, 7) is 7.19. The molecule has 106 valence electrons. The SMILES string of the molecule is CNC(c1cc(C)c(OC)c(C)c1C)C1(CN)CC1. The van der Waals surface area contributed by atoms with Gasteiger partial charge in [-0.15, -0.1) is 0 Å². The molecule has 0 spiro atoms. The second-order valence-electron chi connectivity index (χ2n) is 5.85. The topological polar surface area (TPSA) is 47.3 Å². The van der Waals surface area contributed by atoms with Gasteiger partial charge in [-0.25, -0.2) is 0 Å². The van der Waals surface area contributed by atoms with Crippen molar-refractivity contribution in [1.82, 2.24) is 5.32 Å². The van der Waals surface area contributed by atoms with Gasteiger partial charge >= 0.3 is 0 Å². The van der Waals surface area contributed by atoms with Gasteiger partial charge in [-0.3, -0.25) is 0 Å². The molecule has 1 atom stereocenters. The molecule has 0 radical (unpaired) electrons. The number of nitrogens with two attached hydrogens (primary N) is 1. The second-order valence-corrected chi connectivity index (χ2v) is 5.85. The van der Waals surface area contributed by atoms with Crippen molar-refractivity contribution < 1.29 is 4.74 Å². The van der Waals surface area contributed by atoms with Crippen LogP contribution in [0.4, 0.5) is 0 Å². The number of hydrogen-bond donors (Lipinski definition) is 2. The van der Waals surface area contributed by atoms with E-state index in [1.54, 1.807) is 7.11 Å². The van der Waals surface area contributed by atoms with Crippen LogP contribution in [0.2, 0.25) is 0 Å². The van der Waals surface area contributed by atoms with Gasteiger partial charge in [-0.1, -0.05) is 6.07 Å². The molecule has 3 nitrogen and oxygen atoms in total. The van der Waals surface area contributed by atoms with Crippen molar-refractivity contribution in [1.29, 1.82) is 0 Å². The van der Waals surface area contributed by atoms with Gasteiger partial charge in [0.05, 0.1) is 7.11 Å². The van der Waals surface area contributed by atoms with Crippen LogP contribution >= 0.6 is 0 Å². The van der Waals surface area contributed by atoms with E-state index in [1.807, 2.05) is 7.05 Å². The summed E-state index contributed by atoms with van der Waals surface area (Å²) < 4.78 is 5.51. The molecule has 0 bridgehead atoms. The third-order valence-corrected chi connectivity index (χ3v) is 4.78. The van der Waals surface area contributed by atoms with Gasteiger partial charge in [0.2, 0.25) is 0 Å². The summed E-state index contributed by atoms with van der Waals surface area (Å²) in [4.78, 5) is 0. The molecule has 0 saturated heterocycles. The number of hydrogen-bond acceptors (Lipinski definition) is 3. The second kappa shape index (κ2) is 5.14. The molecule has 1 aromatic rings. The molecule has 1 saturated carbocycles. The van der Waals surface area contributed by atoms with Crippen LogP contribution in [0.25, 0.3) is 0 Å². The molecule has 0 aliphatic heterocycles. The number of nitrogens with one attached hydrogen (secondary N) is 1. The van der Waals surface area contributed by atoms with Crippen LogP contribution in [0, 0.1) is 26.2 Å². The zero-order valence-electron chi connectivity index (χ0n) is 12.8. The predicted octanol–water partition coefficient (Wildman–Crippen LogP) is 2.62. The van der Waals surface area contributed by atoms with Crippen molar-refractivity contribution in [2.75, 3.05) is 20.7 Å². The molecule has 3 heteroatoms. The minimum atomic E-state index is 0.257. The van der Waals surface area contributed by atoms with E-state index in [1.165, 1.54) is 35.1 Å². The minimum absolute atomic E-state index is 0.257. The van der Waals surface area contributed by atoms with Gasteiger partial charge in [0.25, 0.3) is 0 Å². The van der Waals surface area contributed by atoms with Crippen molar-refractivity contribution in [2.24, 2.45) is 11.1 Å². The highest BCUT2D eigenvalue weighted by Crippen LogP contribution is 2.55. The maximum atomic E-state index is 6.00. The van der Waals surface area contributed by atoms with Crippen LogP contribution in [0.5, 0.6) is 5.75 Å². The highest BCUT2D eigenvalue weighted by molar-refractivity contribution is 5.50. The van der Waals surface area contributed by atoms with E-state index in [-0.39, 0.29) is 5.41 Å². The van der Waals surface area contributed by atoms with Crippen molar-refractivity contribution in [3.8, 4) is 5.75 Å². The minimum Gasteiger partial charge on any atom is -0.496 e. The molecule has 3 N–H and O–H groups in total. The molecule has 19 heavy (non-hydrogen) atoms. The van der Waals surface area contributed by atoms with E-state index in [4.69, 9.17) is 10.5 Å². The third-order valence-electron chi connectivity index (χ3n) is 4.78. The average molecular weight is 262 g/mol. The summed E-state index contributed by atoms with van der Waals surface area (Å²) in [7, 11) is 3.78. The van der Waals surface area contributed by atoms with Gasteiger partial charge in [-0.05, 0) is 69.5 Å². The highest BCUT2D eigenvalue weighted by atomic mass is 16.5. The lowest BCUT2D eigenvalue weighted by atomic mass is 9.85. The van der Waals surface area contributed by atoms with E-state index in [2.05, 4.69) is 32.2 Å². The lowest BCUT2D eigenvalue weighted by molar-refractivity contribution is 0.363. The summed E-state index contributed by atoms with van der Waals surface area (Å²) in [5.41, 5.74) is 11.4. The Morgan fingerprint density at radius 2 is 1.95 bits per heavy atom. The number of ether oxygens (including phenoxy) is 1.